The van der Waals surface area contributed by atoms with Crippen LogP contribution >= 0.6 is 0 Å². The van der Waals surface area contributed by atoms with Crippen molar-refractivity contribution in [1.82, 2.24) is 9.88 Å². The van der Waals surface area contributed by atoms with Crippen molar-refractivity contribution in [2.24, 2.45) is 0 Å². The molecule has 2 N–H and O–H groups in total. The number of benzene rings is 2. The molecule has 7 nitrogen and oxygen atoms in total. The molecule has 2 fully saturated rings. The predicted octanol–water partition coefficient (Wildman–Crippen LogP) is 5.25. The van der Waals surface area contributed by atoms with E-state index in [-0.39, 0.29) is 5.56 Å². The van der Waals surface area contributed by atoms with E-state index in [9.17, 15) is 4.79 Å². The lowest BCUT2D eigenvalue weighted by Crippen LogP contribution is -2.39. The van der Waals surface area contributed by atoms with Crippen molar-refractivity contribution in [3.8, 4) is 22.8 Å². The quantitative estimate of drug-likeness (QED) is 0.351. The van der Waals surface area contributed by atoms with Gasteiger partial charge >= 0.3 is 0 Å². The van der Waals surface area contributed by atoms with Gasteiger partial charge in [-0.1, -0.05) is 25.5 Å². The van der Waals surface area contributed by atoms with E-state index in [0.29, 0.717) is 19.3 Å². The smallest absolute Gasteiger partial charge is 0.250 e. The Morgan fingerprint density at radius 2 is 1.84 bits per heavy atom. The van der Waals surface area contributed by atoms with Gasteiger partial charge in [0, 0.05) is 67.2 Å². The van der Waals surface area contributed by atoms with Crippen LogP contribution in [-0.4, -0.2) is 61.9 Å². The molecule has 3 aliphatic heterocycles. The second-order valence-electron chi connectivity index (χ2n) is 10.7. The second kappa shape index (κ2) is 11.2. The highest BCUT2D eigenvalue weighted by molar-refractivity contribution is 5.74. The van der Waals surface area contributed by atoms with E-state index < -0.39 is 0 Å². The first-order valence-corrected chi connectivity index (χ1v) is 14.2. The summed E-state index contributed by atoms with van der Waals surface area (Å²) in [4.78, 5) is 20.4. The third-order valence-electron chi connectivity index (χ3n) is 8.03. The highest BCUT2D eigenvalue weighted by Crippen LogP contribution is 2.43. The fourth-order valence-electron chi connectivity index (χ4n) is 5.88. The minimum atomic E-state index is -0.107. The first-order chi connectivity index (χ1) is 18.7. The Labute approximate surface area is 224 Å². The van der Waals surface area contributed by atoms with Crippen molar-refractivity contribution in [2.45, 2.75) is 45.1 Å². The molecule has 6 rings (SSSR count). The lowest BCUT2D eigenvalue weighted by molar-refractivity contribution is 0.122. The number of hydrogen-bond acceptors (Lipinski definition) is 6. The molecule has 200 valence electrons. The monoisotopic (exact) mass is 514 g/mol. The number of unbranched alkanes of at least 4 members (excludes halogenated alkanes) is 1. The lowest BCUT2D eigenvalue weighted by Gasteiger charge is -2.33. The molecule has 0 bridgehead atoms. The molecular formula is C31H38N4O3. The Kier molecular flexibility index (Phi) is 7.38. The van der Waals surface area contributed by atoms with Crippen molar-refractivity contribution in [2.75, 3.05) is 56.2 Å². The average molecular weight is 515 g/mol. The first kappa shape index (κ1) is 25.0. The summed E-state index contributed by atoms with van der Waals surface area (Å²) in [5.41, 5.74) is 6.00. The molecule has 0 saturated carbocycles. The minimum Gasteiger partial charge on any atom is -0.456 e. The number of anilines is 2. The summed E-state index contributed by atoms with van der Waals surface area (Å²) in [5, 5.41) is 3.78. The zero-order valence-electron chi connectivity index (χ0n) is 22.3. The Morgan fingerprint density at radius 3 is 2.66 bits per heavy atom. The van der Waals surface area contributed by atoms with Gasteiger partial charge in [-0.05, 0) is 61.7 Å². The molecule has 7 heteroatoms. The van der Waals surface area contributed by atoms with Crippen LogP contribution in [0.5, 0.6) is 11.5 Å². The SMILES string of the molecule is CCCCN1CCC(Nc2ccc3c(c2)Cc2cccc(-c4cc(N5CCOCC5)cc(=O)[nH]4)c2O3)CC1. The molecule has 2 saturated heterocycles. The Bertz CT molecular complexity index is 1320. The predicted molar refractivity (Wildman–Crippen MR) is 153 cm³/mol. The maximum atomic E-state index is 12.6. The van der Waals surface area contributed by atoms with Crippen LogP contribution in [0.1, 0.15) is 43.7 Å². The summed E-state index contributed by atoms with van der Waals surface area (Å²) in [6, 6.07) is 16.9. The van der Waals surface area contributed by atoms with Crippen molar-refractivity contribution in [3.63, 3.8) is 0 Å². The van der Waals surface area contributed by atoms with Gasteiger partial charge in [-0.25, -0.2) is 0 Å². The summed E-state index contributed by atoms with van der Waals surface area (Å²) in [5.74, 6) is 1.71. The first-order valence-electron chi connectivity index (χ1n) is 14.2. The van der Waals surface area contributed by atoms with Crippen LogP contribution in [0.4, 0.5) is 11.4 Å². The molecule has 38 heavy (non-hydrogen) atoms. The highest BCUT2D eigenvalue weighted by Gasteiger charge is 2.23. The van der Waals surface area contributed by atoms with Crippen LogP contribution in [-0.2, 0) is 11.2 Å². The molecule has 3 aromatic rings. The number of para-hydroxylation sites is 1. The number of hydrogen-bond donors (Lipinski definition) is 2. The van der Waals surface area contributed by atoms with Gasteiger partial charge in [0.05, 0.1) is 18.9 Å². The molecule has 3 aliphatic rings. The number of nitrogens with zero attached hydrogens (tertiary/aromatic N) is 2. The van der Waals surface area contributed by atoms with E-state index in [0.717, 1.165) is 53.5 Å². The summed E-state index contributed by atoms with van der Waals surface area (Å²) >= 11 is 0. The van der Waals surface area contributed by atoms with Crippen LogP contribution in [0, 0.1) is 0 Å². The van der Waals surface area contributed by atoms with Gasteiger partial charge < -0.3 is 29.6 Å². The third kappa shape index (κ3) is 5.45. The van der Waals surface area contributed by atoms with E-state index in [2.05, 4.69) is 63.4 Å². The molecule has 0 atom stereocenters. The van der Waals surface area contributed by atoms with E-state index in [1.807, 2.05) is 6.07 Å². The number of likely N-dealkylation sites (tertiary alicyclic amines) is 1. The van der Waals surface area contributed by atoms with Crippen LogP contribution < -0.4 is 20.5 Å². The number of nitrogens with one attached hydrogen (secondary N) is 2. The second-order valence-corrected chi connectivity index (χ2v) is 10.7. The van der Waals surface area contributed by atoms with E-state index in [1.54, 1.807) is 6.07 Å². The number of rotatable bonds is 7. The Hall–Kier alpha value is -3.29. The number of piperidine rings is 1. The van der Waals surface area contributed by atoms with Gasteiger partial charge in [0.25, 0.3) is 0 Å². The zero-order valence-corrected chi connectivity index (χ0v) is 22.3. The topological polar surface area (TPSA) is 69.8 Å². The van der Waals surface area contributed by atoms with E-state index >= 15 is 0 Å². The highest BCUT2D eigenvalue weighted by atomic mass is 16.5. The largest absolute Gasteiger partial charge is 0.456 e. The minimum absolute atomic E-state index is 0.107. The third-order valence-corrected chi connectivity index (χ3v) is 8.03. The van der Waals surface area contributed by atoms with Crippen LogP contribution in [0.15, 0.2) is 53.3 Å². The molecule has 0 unspecified atom stereocenters. The van der Waals surface area contributed by atoms with Crippen molar-refractivity contribution >= 4 is 11.4 Å². The number of H-pyrrole nitrogens is 1. The number of pyridine rings is 1. The lowest BCUT2D eigenvalue weighted by atomic mass is 9.95. The molecule has 0 radical (unpaired) electrons. The zero-order chi connectivity index (χ0) is 25.9. The standard InChI is InChI=1S/C31H38N4O3/c1-2-3-11-34-12-9-24(10-13-34)32-25-7-8-29-23(19-25)18-22-5-4-6-27(31(22)38-29)28-20-26(21-30(36)33-28)35-14-16-37-17-15-35/h4-8,19-21,24,32H,2-3,9-18H2,1H3,(H,33,36). The van der Waals surface area contributed by atoms with E-state index in [1.165, 1.54) is 56.6 Å². The molecule has 4 heterocycles. The van der Waals surface area contributed by atoms with E-state index in [4.69, 9.17) is 9.47 Å². The van der Waals surface area contributed by atoms with Crippen LogP contribution in [0.2, 0.25) is 0 Å². The summed E-state index contributed by atoms with van der Waals surface area (Å²) in [6.07, 6.45) is 5.73. The normalized spacial score (nSPS) is 18.0. The number of fused-ring (bicyclic) bond motifs is 2. The molecule has 0 aliphatic carbocycles. The maximum Gasteiger partial charge on any atom is 0.250 e. The molecule has 0 amide bonds. The fourth-order valence-corrected chi connectivity index (χ4v) is 5.88. The summed E-state index contributed by atoms with van der Waals surface area (Å²) < 4.78 is 12.0. The Balaban J connectivity index is 1.19. The number of aromatic nitrogens is 1. The average Bonchev–Trinajstić information content (AvgIpc) is 2.95. The summed E-state index contributed by atoms with van der Waals surface area (Å²) in [7, 11) is 0. The van der Waals surface area contributed by atoms with Gasteiger partial charge in [-0.15, -0.1) is 0 Å². The molecule has 2 aromatic carbocycles. The fraction of sp³-hybridized carbons (Fsp3) is 0.452. The number of ether oxygens (including phenoxy) is 2. The number of morpholine rings is 1. The van der Waals surface area contributed by atoms with Gasteiger partial charge in [0.1, 0.15) is 11.5 Å². The van der Waals surface area contributed by atoms with Gasteiger partial charge in [-0.3, -0.25) is 4.79 Å². The molecular weight excluding hydrogens is 476 g/mol. The number of aromatic amines is 1. The van der Waals surface area contributed by atoms with Crippen molar-refractivity contribution in [1.29, 1.82) is 0 Å². The molecule has 0 spiro atoms. The maximum absolute atomic E-state index is 12.6. The van der Waals surface area contributed by atoms with Crippen LogP contribution in [0.25, 0.3) is 11.3 Å². The van der Waals surface area contributed by atoms with Crippen molar-refractivity contribution in [3.05, 3.63) is 70.0 Å². The van der Waals surface area contributed by atoms with Crippen molar-refractivity contribution < 1.29 is 9.47 Å². The van der Waals surface area contributed by atoms with Gasteiger partial charge in [0.15, 0.2) is 0 Å². The Morgan fingerprint density at radius 1 is 1.00 bits per heavy atom. The summed E-state index contributed by atoms with van der Waals surface area (Å²) in [6.45, 7) is 8.77. The van der Waals surface area contributed by atoms with Crippen LogP contribution in [0.3, 0.4) is 0 Å². The van der Waals surface area contributed by atoms with Gasteiger partial charge in [0.2, 0.25) is 5.56 Å². The van der Waals surface area contributed by atoms with Gasteiger partial charge in [-0.2, -0.15) is 0 Å². The molecule has 1 aromatic heterocycles.